The molecule has 1 saturated heterocycles. The van der Waals surface area contributed by atoms with Crippen molar-refractivity contribution in [2.75, 3.05) is 12.9 Å². The molecule has 4 nitrogen and oxygen atoms in total. The van der Waals surface area contributed by atoms with Crippen LogP contribution in [0.3, 0.4) is 0 Å². The van der Waals surface area contributed by atoms with Gasteiger partial charge in [-0.3, -0.25) is 4.79 Å². The summed E-state index contributed by atoms with van der Waals surface area (Å²) in [6, 6.07) is 6.11. The van der Waals surface area contributed by atoms with E-state index in [0.29, 0.717) is 11.7 Å². The average Bonchev–Trinajstić information content (AvgIpc) is 3.01. The fourth-order valence-corrected chi connectivity index (χ4v) is 5.24. The molecule has 1 aliphatic heterocycles. The van der Waals surface area contributed by atoms with Crippen molar-refractivity contribution < 1.29 is 14.3 Å². The molecule has 0 radical (unpaired) electrons. The van der Waals surface area contributed by atoms with E-state index in [1.54, 1.807) is 11.8 Å². The number of fused-ring (bicyclic) bond motifs is 1. The molecular weight excluding hydrogens is 334 g/mol. The van der Waals surface area contributed by atoms with Gasteiger partial charge < -0.3 is 9.64 Å². The monoisotopic (exact) mass is 361 g/mol. The van der Waals surface area contributed by atoms with Gasteiger partial charge in [-0.25, -0.2) is 4.79 Å². The quantitative estimate of drug-likeness (QED) is 0.606. The Kier molecular flexibility index (Phi) is 5.72. The Morgan fingerprint density at radius 3 is 2.76 bits per heavy atom. The zero-order valence-corrected chi connectivity index (χ0v) is 16.1. The molecule has 1 saturated carbocycles. The molecule has 3 unspecified atom stereocenters. The third kappa shape index (κ3) is 3.86. The van der Waals surface area contributed by atoms with Crippen molar-refractivity contribution in [2.24, 2.45) is 5.92 Å². The zero-order chi connectivity index (χ0) is 18.0. The lowest BCUT2D eigenvalue weighted by molar-refractivity contribution is -0.151. The average molecular weight is 362 g/mol. The summed E-state index contributed by atoms with van der Waals surface area (Å²) in [7, 11) is 1.41. The fourth-order valence-electron chi connectivity index (χ4n) is 4.24. The SMILES string of the molecule is COC(=O)C1CC2CCCCC2N1C(=O)CSc1cc(C)ccc1C. The molecule has 2 aliphatic rings. The van der Waals surface area contributed by atoms with Gasteiger partial charge in [0.25, 0.3) is 0 Å². The molecule has 2 fully saturated rings. The third-order valence-corrected chi connectivity index (χ3v) is 6.69. The van der Waals surface area contributed by atoms with E-state index in [9.17, 15) is 9.59 Å². The summed E-state index contributed by atoms with van der Waals surface area (Å²) in [5.41, 5.74) is 2.38. The number of amides is 1. The van der Waals surface area contributed by atoms with Crippen LogP contribution in [0.5, 0.6) is 0 Å². The van der Waals surface area contributed by atoms with Gasteiger partial charge >= 0.3 is 5.97 Å². The molecule has 1 aliphatic carbocycles. The lowest BCUT2D eigenvalue weighted by atomic mass is 9.85. The number of hydrogen-bond acceptors (Lipinski definition) is 4. The van der Waals surface area contributed by atoms with Gasteiger partial charge in [0.2, 0.25) is 5.91 Å². The molecule has 3 atom stereocenters. The van der Waals surface area contributed by atoms with E-state index in [4.69, 9.17) is 4.74 Å². The van der Waals surface area contributed by atoms with E-state index in [1.807, 2.05) is 4.90 Å². The summed E-state index contributed by atoms with van der Waals surface area (Å²) in [4.78, 5) is 28.2. The summed E-state index contributed by atoms with van der Waals surface area (Å²) < 4.78 is 4.98. The van der Waals surface area contributed by atoms with Crippen LogP contribution >= 0.6 is 11.8 Å². The van der Waals surface area contributed by atoms with E-state index in [0.717, 1.165) is 30.6 Å². The minimum absolute atomic E-state index is 0.0655. The molecule has 1 amide bonds. The number of ether oxygens (including phenoxy) is 1. The Hall–Kier alpha value is -1.49. The van der Waals surface area contributed by atoms with Gasteiger partial charge in [0.15, 0.2) is 0 Å². The Labute approximate surface area is 154 Å². The number of rotatable bonds is 4. The smallest absolute Gasteiger partial charge is 0.328 e. The number of thioether (sulfide) groups is 1. The van der Waals surface area contributed by atoms with Crippen LogP contribution in [-0.4, -0.2) is 41.7 Å². The minimum Gasteiger partial charge on any atom is -0.467 e. The highest BCUT2D eigenvalue weighted by Crippen LogP contribution is 2.40. The van der Waals surface area contributed by atoms with Gasteiger partial charge in [0.05, 0.1) is 12.9 Å². The molecule has 0 bridgehead atoms. The Morgan fingerprint density at radius 2 is 2.00 bits per heavy atom. The third-order valence-electron chi connectivity index (χ3n) is 5.54. The van der Waals surface area contributed by atoms with Crippen LogP contribution in [0.1, 0.15) is 43.2 Å². The number of nitrogens with zero attached hydrogens (tertiary/aromatic N) is 1. The highest BCUT2D eigenvalue weighted by Gasteiger charge is 2.47. The number of carbonyl (C=O) groups is 2. The highest BCUT2D eigenvalue weighted by atomic mass is 32.2. The second-order valence-corrected chi connectivity index (χ2v) is 8.26. The predicted octanol–water partition coefficient (Wildman–Crippen LogP) is 3.73. The molecular formula is C20H27NO3S. The topological polar surface area (TPSA) is 46.6 Å². The van der Waals surface area contributed by atoms with Crippen molar-refractivity contribution in [3.8, 4) is 0 Å². The van der Waals surface area contributed by atoms with Crippen LogP contribution in [0.4, 0.5) is 0 Å². The van der Waals surface area contributed by atoms with Crippen LogP contribution in [0, 0.1) is 19.8 Å². The summed E-state index contributed by atoms with van der Waals surface area (Å²) in [5.74, 6) is 0.628. The molecule has 0 spiro atoms. The molecule has 25 heavy (non-hydrogen) atoms. The van der Waals surface area contributed by atoms with Gasteiger partial charge in [0.1, 0.15) is 6.04 Å². The van der Waals surface area contributed by atoms with Gasteiger partial charge in [-0.15, -0.1) is 11.8 Å². The van der Waals surface area contributed by atoms with Crippen LogP contribution in [-0.2, 0) is 14.3 Å². The van der Waals surface area contributed by atoms with Crippen LogP contribution in [0.25, 0.3) is 0 Å². The normalized spacial score (nSPS) is 25.6. The van der Waals surface area contributed by atoms with Crippen molar-refractivity contribution in [3.63, 3.8) is 0 Å². The minimum atomic E-state index is -0.398. The second-order valence-electron chi connectivity index (χ2n) is 7.25. The number of carbonyl (C=O) groups excluding carboxylic acids is 2. The first-order valence-electron chi connectivity index (χ1n) is 9.10. The summed E-state index contributed by atoms with van der Waals surface area (Å²) in [6.45, 7) is 4.13. The molecule has 1 aromatic rings. The van der Waals surface area contributed by atoms with Crippen molar-refractivity contribution in [1.82, 2.24) is 4.90 Å². The van der Waals surface area contributed by atoms with E-state index in [1.165, 1.54) is 24.7 Å². The van der Waals surface area contributed by atoms with Crippen molar-refractivity contribution in [2.45, 2.75) is 62.9 Å². The first kappa shape index (κ1) is 18.3. The molecule has 1 heterocycles. The van der Waals surface area contributed by atoms with E-state index in [2.05, 4.69) is 32.0 Å². The summed E-state index contributed by atoms with van der Waals surface area (Å²) >= 11 is 1.57. The number of aryl methyl sites for hydroxylation is 2. The van der Waals surface area contributed by atoms with Crippen molar-refractivity contribution in [1.29, 1.82) is 0 Å². The first-order valence-corrected chi connectivity index (χ1v) is 10.1. The van der Waals surface area contributed by atoms with E-state index >= 15 is 0 Å². The maximum atomic E-state index is 13.0. The number of hydrogen-bond donors (Lipinski definition) is 0. The zero-order valence-electron chi connectivity index (χ0n) is 15.3. The lowest BCUT2D eigenvalue weighted by Crippen LogP contribution is -2.47. The first-order chi connectivity index (χ1) is 12.0. The van der Waals surface area contributed by atoms with Crippen molar-refractivity contribution in [3.05, 3.63) is 29.3 Å². The second kappa shape index (κ2) is 7.81. The molecule has 136 valence electrons. The van der Waals surface area contributed by atoms with E-state index in [-0.39, 0.29) is 17.9 Å². The van der Waals surface area contributed by atoms with Gasteiger partial charge in [-0.2, -0.15) is 0 Å². The van der Waals surface area contributed by atoms with Crippen LogP contribution < -0.4 is 0 Å². The molecule has 5 heteroatoms. The standard InChI is InChI=1S/C20H27NO3S/c1-13-8-9-14(2)18(10-13)25-12-19(22)21-16-7-5-4-6-15(16)11-17(21)20(23)24-3/h8-10,15-17H,4-7,11-12H2,1-3H3. The predicted molar refractivity (Wildman–Crippen MR) is 99.7 cm³/mol. The Morgan fingerprint density at radius 1 is 1.24 bits per heavy atom. The molecule has 3 rings (SSSR count). The van der Waals surface area contributed by atoms with E-state index < -0.39 is 6.04 Å². The Balaban J connectivity index is 1.73. The maximum Gasteiger partial charge on any atom is 0.328 e. The van der Waals surface area contributed by atoms with Crippen LogP contribution in [0.15, 0.2) is 23.1 Å². The fraction of sp³-hybridized carbons (Fsp3) is 0.600. The van der Waals surface area contributed by atoms with Crippen molar-refractivity contribution >= 4 is 23.6 Å². The largest absolute Gasteiger partial charge is 0.467 e. The number of benzene rings is 1. The lowest BCUT2D eigenvalue weighted by Gasteiger charge is -2.33. The maximum absolute atomic E-state index is 13.0. The van der Waals surface area contributed by atoms with Gasteiger partial charge in [0, 0.05) is 10.9 Å². The summed E-state index contributed by atoms with van der Waals surface area (Å²) in [6.07, 6.45) is 5.23. The molecule has 0 aromatic heterocycles. The highest BCUT2D eigenvalue weighted by molar-refractivity contribution is 8.00. The van der Waals surface area contributed by atoms with Crippen LogP contribution in [0.2, 0.25) is 0 Å². The Bertz CT molecular complexity index is 660. The number of methoxy groups -OCH3 is 1. The number of esters is 1. The van der Waals surface area contributed by atoms with Gasteiger partial charge in [-0.05, 0) is 50.7 Å². The summed E-state index contributed by atoms with van der Waals surface area (Å²) in [5, 5.41) is 0. The molecule has 0 N–H and O–H groups in total. The van der Waals surface area contributed by atoms with Gasteiger partial charge in [-0.1, -0.05) is 30.5 Å². The number of likely N-dealkylation sites (tertiary alicyclic amines) is 1. The molecule has 1 aromatic carbocycles.